The second-order valence-corrected chi connectivity index (χ2v) is 6.64. The van der Waals surface area contributed by atoms with Crippen LogP contribution in [0.15, 0.2) is 60.7 Å². The Balaban J connectivity index is 2.30. The van der Waals surface area contributed by atoms with Gasteiger partial charge in [0, 0.05) is 19.1 Å². The van der Waals surface area contributed by atoms with E-state index in [1.165, 1.54) is 6.92 Å². The van der Waals surface area contributed by atoms with Crippen LogP contribution in [-0.2, 0) is 22.6 Å². The van der Waals surface area contributed by atoms with E-state index in [-0.39, 0.29) is 13.0 Å². The Morgan fingerprint density at radius 1 is 1.00 bits per heavy atom. The highest BCUT2D eigenvalue weighted by Gasteiger charge is 2.52. The summed E-state index contributed by atoms with van der Waals surface area (Å²) in [6, 6.07) is 17.9. The molecule has 2 atom stereocenters. The van der Waals surface area contributed by atoms with Gasteiger partial charge in [0.2, 0.25) is 0 Å². The average molecular weight is 391 g/mol. The predicted molar refractivity (Wildman–Crippen MR) is 104 cm³/mol. The molecule has 0 amide bonds. The van der Waals surface area contributed by atoms with Crippen LogP contribution in [0.3, 0.4) is 0 Å². The minimum atomic E-state index is -3.98. The summed E-state index contributed by atoms with van der Waals surface area (Å²) in [5.41, 5.74) is 1.87. The summed E-state index contributed by atoms with van der Waals surface area (Å²) in [5.74, 6) is -5.68. The van der Waals surface area contributed by atoms with Crippen LogP contribution in [0, 0.1) is 0 Å². The summed E-state index contributed by atoms with van der Waals surface area (Å²) in [6.45, 7) is 3.73. The minimum absolute atomic E-state index is 0.171. The maximum Gasteiger partial charge on any atom is 0.379 e. The van der Waals surface area contributed by atoms with E-state index in [1.54, 1.807) is 11.8 Å². The van der Waals surface area contributed by atoms with Crippen LogP contribution < -0.4 is 0 Å². The second kappa shape index (κ2) is 10.3. The van der Waals surface area contributed by atoms with Crippen molar-refractivity contribution >= 4 is 5.97 Å². The average Bonchev–Trinajstić information content (AvgIpc) is 2.70. The number of esters is 1. The number of alkyl halides is 2. The summed E-state index contributed by atoms with van der Waals surface area (Å²) in [4.78, 5) is 13.5. The number of aliphatic hydroxyl groups excluding tert-OH is 1. The molecule has 0 aromatic heterocycles. The van der Waals surface area contributed by atoms with Gasteiger partial charge in [-0.1, -0.05) is 67.6 Å². The summed E-state index contributed by atoms with van der Waals surface area (Å²) in [5, 5.41) is 10.5. The van der Waals surface area contributed by atoms with E-state index < -0.39 is 24.0 Å². The first kappa shape index (κ1) is 22.0. The normalized spacial score (nSPS) is 13.9. The number of aliphatic hydroxyl groups is 1. The molecule has 0 aliphatic carbocycles. The van der Waals surface area contributed by atoms with Gasteiger partial charge < -0.3 is 9.84 Å². The number of ether oxygens (including phenoxy) is 1. The Bertz CT molecular complexity index is 684. The first-order chi connectivity index (χ1) is 13.4. The van der Waals surface area contributed by atoms with Crippen molar-refractivity contribution in [2.24, 2.45) is 0 Å². The number of rotatable bonds is 10. The maximum absolute atomic E-state index is 14.5. The molecule has 2 rings (SSSR count). The highest BCUT2D eigenvalue weighted by molar-refractivity contribution is 5.78. The van der Waals surface area contributed by atoms with Gasteiger partial charge in [0.25, 0.3) is 0 Å². The molecule has 6 heteroatoms. The molecule has 0 saturated heterocycles. The van der Waals surface area contributed by atoms with Crippen molar-refractivity contribution in [1.82, 2.24) is 4.90 Å². The van der Waals surface area contributed by atoms with Gasteiger partial charge in [-0.25, -0.2) is 4.79 Å². The number of hydrogen-bond donors (Lipinski definition) is 1. The van der Waals surface area contributed by atoms with Crippen LogP contribution in [0.4, 0.5) is 8.78 Å². The second-order valence-electron chi connectivity index (χ2n) is 6.64. The van der Waals surface area contributed by atoms with Crippen molar-refractivity contribution < 1.29 is 23.4 Å². The molecule has 152 valence electrons. The van der Waals surface area contributed by atoms with E-state index in [0.717, 1.165) is 11.1 Å². The lowest BCUT2D eigenvalue weighted by atomic mass is 9.98. The molecule has 0 unspecified atom stereocenters. The third-order valence-corrected chi connectivity index (χ3v) is 4.63. The number of carbonyl (C=O) groups excluding carboxylic acids is 1. The Hall–Kier alpha value is -2.31. The topological polar surface area (TPSA) is 49.8 Å². The zero-order valence-electron chi connectivity index (χ0n) is 16.2. The fraction of sp³-hybridized carbons (Fsp3) is 0.409. The van der Waals surface area contributed by atoms with E-state index in [4.69, 9.17) is 0 Å². The number of carbonyl (C=O) groups is 1. The van der Waals surface area contributed by atoms with E-state index in [9.17, 15) is 18.7 Å². The largest absolute Gasteiger partial charge is 0.461 e. The Morgan fingerprint density at radius 2 is 1.46 bits per heavy atom. The minimum Gasteiger partial charge on any atom is -0.461 e. The summed E-state index contributed by atoms with van der Waals surface area (Å²) in [6.07, 6.45) is -1.93. The van der Waals surface area contributed by atoms with E-state index in [0.29, 0.717) is 13.1 Å². The molecule has 0 spiro atoms. The molecule has 2 aromatic carbocycles. The summed E-state index contributed by atoms with van der Waals surface area (Å²) < 4.78 is 33.5. The highest BCUT2D eigenvalue weighted by atomic mass is 19.3. The van der Waals surface area contributed by atoms with Crippen molar-refractivity contribution in [2.45, 2.75) is 51.4 Å². The molecule has 0 fully saturated rings. The Labute approximate surface area is 164 Å². The molecule has 2 aromatic rings. The van der Waals surface area contributed by atoms with Crippen LogP contribution in [0.1, 0.15) is 31.4 Å². The Morgan fingerprint density at radius 3 is 1.86 bits per heavy atom. The molecule has 0 heterocycles. The first-order valence-corrected chi connectivity index (χ1v) is 9.45. The lowest BCUT2D eigenvalue weighted by molar-refractivity contribution is -0.196. The molecule has 1 N–H and O–H groups in total. The Kier molecular flexibility index (Phi) is 8.08. The van der Waals surface area contributed by atoms with Crippen LogP contribution in [0.2, 0.25) is 0 Å². The van der Waals surface area contributed by atoms with Gasteiger partial charge in [0.05, 0.1) is 6.61 Å². The quantitative estimate of drug-likeness (QED) is 0.622. The van der Waals surface area contributed by atoms with Crippen molar-refractivity contribution in [2.75, 3.05) is 6.61 Å². The van der Waals surface area contributed by atoms with E-state index in [1.807, 2.05) is 60.7 Å². The monoisotopic (exact) mass is 391 g/mol. The predicted octanol–water partition coefficient (Wildman–Crippen LogP) is 4.03. The standard InChI is InChI=1S/C22H27F2NO3/c1-3-19(20(26)22(23,24)21(27)28-4-2)25(15-17-11-7-5-8-12-17)16-18-13-9-6-10-14-18/h5-14,19-20,26H,3-4,15-16H2,1-2H3/t19-,20-/m1/s1. The summed E-state index contributed by atoms with van der Waals surface area (Å²) in [7, 11) is 0. The molecular weight excluding hydrogens is 364 g/mol. The molecule has 0 aliphatic rings. The lowest BCUT2D eigenvalue weighted by Crippen LogP contribution is -2.54. The van der Waals surface area contributed by atoms with Gasteiger partial charge in [-0.2, -0.15) is 8.78 Å². The molecule has 28 heavy (non-hydrogen) atoms. The van der Waals surface area contributed by atoms with Crippen molar-refractivity contribution in [3.63, 3.8) is 0 Å². The van der Waals surface area contributed by atoms with Gasteiger partial charge in [0.15, 0.2) is 0 Å². The van der Waals surface area contributed by atoms with Crippen molar-refractivity contribution in [3.8, 4) is 0 Å². The summed E-state index contributed by atoms with van der Waals surface area (Å²) >= 11 is 0. The van der Waals surface area contributed by atoms with Gasteiger partial charge in [-0.05, 0) is 24.5 Å². The fourth-order valence-corrected chi connectivity index (χ4v) is 3.20. The van der Waals surface area contributed by atoms with Gasteiger partial charge in [0.1, 0.15) is 6.10 Å². The zero-order valence-corrected chi connectivity index (χ0v) is 16.2. The van der Waals surface area contributed by atoms with Crippen molar-refractivity contribution in [3.05, 3.63) is 71.8 Å². The SMILES string of the molecule is CCOC(=O)C(F)(F)[C@H](O)[C@@H](CC)N(Cc1ccccc1)Cc1ccccc1. The molecule has 0 saturated carbocycles. The van der Waals surface area contributed by atoms with E-state index in [2.05, 4.69) is 4.74 Å². The number of hydrogen-bond acceptors (Lipinski definition) is 4. The van der Waals surface area contributed by atoms with Gasteiger partial charge >= 0.3 is 11.9 Å². The maximum atomic E-state index is 14.5. The lowest BCUT2D eigenvalue weighted by Gasteiger charge is -2.36. The molecular formula is C22H27F2NO3. The van der Waals surface area contributed by atoms with Gasteiger partial charge in [-0.3, -0.25) is 4.90 Å². The van der Waals surface area contributed by atoms with Crippen LogP contribution >= 0.6 is 0 Å². The first-order valence-electron chi connectivity index (χ1n) is 9.45. The molecule has 0 radical (unpaired) electrons. The van der Waals surface area contributed by atoms with Crippen LogP contribution in [0.5, 0.6) is 0 Å². The van der Waals surface area contributed by atoms with E-state index >= 15 is 0 Å². The molecule has 4 nitrogen and oxygen atoms in total. The third kappa shape index (κ3) is 5.59. The van der Waals surface area contributed by atoms with Crippen molar-refractivity contribution in [1.29, 1.82) is 0 Å². The van der Waals surface area contributed by atoms with Gasteiger partial charge in [-0.15, -0.1) is 0 Å². The van der Waals surface area contributed by atoms with Crippen LogP contribution in [0.25, 0.3) is 0 Å². The fourth-order valence-electron chi connectivity index (χ4n) is 3.20. The molecule has 0 bridgehead atoms. The third-order valence-electron chi connectivity index (χ3n) is 4.63. The zero-order chi connectivity index (χ0) is 20.6. The smallest absolute Gasteiger partial charge is 0.379 e. The highest BCUT2D eigenvalue weighted by Crippen LogP contribution is 2.29. The number of benzene rings is 2. The molecule has 0 aliphatic heterocycles. The number of halogens is 2. The van der Waals surface area contributed by atoms with Crippen LogP contribution in [-0.4, -0.2) is 40.7 Å². The number of nitrogens with zero attached hydrogens (tertiary/aromatic N) is 1.